The molecule has 2 aromatic carbocycles. The third-order valence-electron chi connectivity index (χ3n) is 4.90. The van der Waals surface area contributed by atoms with Crippen molar-refractivity contribution in [3.8, 4) is 11.6 Å². The fraction of sp³-hybridized carbons (Fsp3) is 0.167. The Hall–Kier alpha value is -3.44. The van der Waals surface area contributed by atoms with Crippen molar-refractivity contribution in [2.45, 2.75) is 26.2 Å². The molecule has 9 nitrogen and oxygen atoms in total. The molecule has 0 N–H and O–H groups in total. The molecular weight excluding hydrogens is 582 g/mol. The van der Waals surface area contributed by atoms with Gasteiger partial charge in [0.15, 0.2) is 0 Å². The quantitative estimate of drug-likeness (QED) is 0.153. The number of hydrogen-bond acceptors (Lipinski definition) is 7. The van der Waals surface area contributed by atoms with E-state index < -0.39 is 10.3 Å². The molecule has 0 amide bonds. The largest absolute Gasteiger partial charge is 0.438 e. The molecule has 0 atom stereocenters. The predicted octanol–water partition coefficient (Wildman–Crippen LogP) is 6.20. The lowest BCUT2D eigenvalue weighted by atomic mass is 9.95. The van der Waals surface area contributed by atoms with E-state index in [2.05, 4.69) is 41.9 Å². The number of pyridine rings is 1. The first-order chi connectivity index (χ1) is 16.5. The second kappa shape index (κ2) is 9.67. The number of fused-ring (bicyclic) bond motifs is 1. The Balaban J connectivity index is 1.66. The van der Waals surface area contributed by atoms with Crippen LogP contribution in [0.4, 0.5) is 5.69 Å². The standard InChI is InChI=1S/C24H19Br2N5O4/c1-24(2,3)23-29-19-7-5-15(25)11-17(19)22(32)30(23)28-12-14-4-8-20(18(26)10-14)35-21-9-6-16(13-27-21)31(33)34/h4-13H,1-3H3. The molecule has 178 valence electrons. The van der Waals surface area contributed by atoms with Gasteiger partial charge in [-0.25, -0.2) is 9.97 Å². The first-order valence-electron chi connectivity index (χ1n) is 10.4. The number of ether oxygens (including phenoxy) is 1. The van der Waals surface area contributed by atoms with Gasteiger partial charge in [0.25, 0.3) is 11.2 Å². The number of halogens is 2. The molecule has 0 saturated heterocycles. The maximum Gasteiger partial charge on any atom is 0.287 e. The van der Waals surface area contributed by atoms with Crippen molar-refractivity contribution in [2.24, 2.45) is 5.10 Å². The van der Waals surface area contributed by atoms with Crippen molar-refractivity contribution >= 4 is 54.7 Å². The Labute approximate surface area is 216 Å². The van der Waals surface area contributed by atoms with Crippen LogP contribution < -0.4 is 10.3 Å². The zero-order valence-electron chi connectivity index (χ0n) is 18.9. The van der Waals surface area contributed by atoms with Crippen LogP contribution in [0.15, 0.2) is 73.6 Å². The van der Waals surface area contributed by atoms with Crippen LogP contribution >= 0.6 is 31.9 Å². The first-order valence-corrected chi connectivity index (χ1v) is 12.0. The molecular formula is C24H19Br2N5O4. The molecule has 11 heteroatoms. The number of benzene rings is 2. The Bertz CT molecular complexity index is 1530. The molecule has 0 bridgehead atoms. The Morgan fingerprint density at radius 1 is 1.11 bits per heavy atom. The van der Waals surface area contributed by atoms with Gasteiger partial charge in [-0.05, 0) is 57.9 Å². The van der Waals surface area contributed by atoms with E-state index in [0.717, 1.165) is 10.7 Å². The molecule has 0 radical (unpaired) electrons. The van der Waals surface area contributed by atoms with Crippen molar-refractivity contribution in [1.29, 1.82) is 0 Å². The van der Waals surface area contributed by atoms with Crippen LogP contribution in [0.3, 0.4) is 0 Å². The summed E-state index contributed by atoms with van der Waals surface area (Å²) in [6, 6.07) is 13.4. The predicted molar refractivity (Wildman–Crippen MR) is 141 cm³/mol. The second-order valence-electron chi connectivity index (χ2n) is 8.61. The third kappa shape index (κ3) is 5.46. The van der Waals surface area contributed by atoms with Gasteiger partial charge in [-0.1, -0.05) is 36.7 Å². The van der Waals surface area contributed by atoms with Crippen molar-refractivity contribution < 1.29 is 9.66 Å². The average Bonchev–Trinajstić information content (AvgIpc) is 2.80. The van der Waals surface area contributed by atoms with E-state index in [4.69, 9.17) is 9.72 Å². The van der Waals surface area contributed by atoms with Gasteiger partial charge in [0.1, 0.15) is 17.8 Å². The van der Waals surface area contributed by atoms with Crippen molar-refractivity contribution in [3.63, 3.8) is 0 Å². The molecule has 2 heterocycles. The number of aromatic nitrogens is 3. The summed E-state index contributed by atoms with van der Waals surface area (Å²) in [5.74, 6) is 1.22. The van der Waals surface area contributed by atoms with Gasteiger partial charge in [0, 0.05) is 22.0 Å². The smallest absolute Gasteiger partial charge is 0.287 e. The molecule has 4 aromatic rings. The van der Waals surface area contributed by atoms with Crippen LogP contribution in [0, 0.1) is 10.1 Å². The summed E-state index contributed by atoms with van der Waals surface area (Å²) in [4.78, 5) is 32.2. The fourth-order valence-corrected chi connectivity index (χ4v) is 4.04. The van der Waals surface area contributed by atoms with Gasteiger partial charge in [-0.15, -0.1) is 0 Å². The summed E-state index contributed by atoms with van der Waals surface area (Å²) < 4.78 is 8.44. The van der Waals surface area contributed by atoms with E-state index >= 15 is 0 Å². The molecule has 4 rings (SSSR count). The van der Waals surface area contributed by atoms with Crippen LogP contribution in [-0.4, -0.2) is 25.8 Å². The molecule has 0 spiro atoms. The first kappa shape index (κ1) is 24.7. The molecule has 2 aromatic heterocycles. The number of nitrogens with zero attached hydrogens (tertiary/aromatic N) is 5. The van der Waals surface area contributed by atoms with E-state index in [-0.39, 0.29) is 17.1 Å². The van der Waals surface area contributed by atoms with Crippen LogP contribution in [0.2, 0.25) is 0 Å². The highest BCUT2D eigenvalue weighted by Gasteiger charge is 2.23. The normalized spacial score (nSPS) is 11.8. The molecule has 0 fully saturated rings. The van der Waals surface area contributed by atoms with E-state index in [0.29, 0.717) is 32.5 Å². The molecule has 0 aliphatic carbocycles. The molecule has 0 aliphatic rings. The summed E-state index contributed by atoms with van der Waals surface area (Å²) in [6.45, 7) is 5.92. The molecule has 35 heavy (non-hydrogen) atoms. The summed E-state index contributed by atoms with van der Waals surface area (Å²) in [6.07, 6.45) is 2.70. The van der Waals surface area contributed by atoms with Crippen molar-refractivity contribution in [1.82, 2.24) is 14.6 Å². The number of hydrogen-bond donors (Lipinski definition) is 0. The van der Waals surface area contributed by atoms with E-state index in [1.807, 2.05) is 26.8 Å². The topological polar surface area (TPSA) is 113 Å². The average molecular weight is 601 g/mol. The number of nitro groups is 1. The Morgan fingerprint density at radius 2 is 1.89 bits per heavy atom. The highest BCUT2D eigenvalue weighted by molar-refractivity contribution is 9.10. The lowest BCUT2D eigenvalue weighted by Gasteiger charge is -2.20. The molecule has 0 aliphatic heterocycles. The summed E-state index contributed by atoms with van der Waals surface area (Å²) >= 11 is 6.87. The number of rotatable bonds is 5. The van der Waals surface area contributed by atoms with Crippen LogP contribution in [0.1, 0.15) is 32.2 Å². The van der Waals surface area contributed by atoms with Gasteiger partial charge < -0.3 is 4.74 Å². The minimum absolute atomic E-state index is 0.122. The third-order valence-corrected chi connectivity index (χ3v) is 6.02. The summed E-state index contributed by atoms with van der Waals surface area (Å²) in [7, 11) is 0. The molecule has 0 saturated carbocycles. The molecule has 0 unspecified atom stereocenters. The fourth-order valence-electron chi connectivity index (χ4n) is 3.20. The monoisotopic (exact) mass is 599 g/mol. The maximum atomic E-state index is 13.3. The van der Waals surface area contributed by atoms with Crippen molar-refractivity contribution in [3.05, 3.63) is 95.5 Å². The highest BCUT2D eigenvalue weighted by Crippen LogP contribution is 2.30. The van der Waals surface area contributed by atoms with E-state index in [1.165, 1.54) is 16.8 Å². The Kier molecular flexibility index (Phi) is 6.82. The van der Waals surface area contributed by atoms with Gasteiger partial charge in [-0.3, -0.25) is 14.9 Å². The van der Waals surface area contributed by atoms with Gasteiger partial charge >= 0.3 is 0 Å². The second-order valence-corrected chi connectivity index (χ2v) is 10.4. The minimum atomic E-state index is -0.527. The lowest BCUT2D eigenvalue weighted by Crippen LogP contribution is -2.29. The van der Waals surface area contributed by atoms with Crippen molar-refractivity contribution in [2.75, 3.05) is 0 Å². The zero-order chi connectivity index (χ0) is 25.3. The SMILES string of the molecule is CC(C)(C)c1nc2ccc(Br)cc2c(=O)n1N=Cc1ccc(Oc2ccc([N+](=O)[O-])cn2)c(Br)c1. The lowest BCUT2D eigenvalue weighted by molar-refractivity contribution is -0.385. The summed E-state index contributed by atoms with van der Waals surface area (Å²) in [5, 5.41) is 15.7. The van der Waals surface area contributed by atoms with Gasteiger partial charge in [0.2, 0.25) is 5.88 Å². The van der Waals surface area contributed by atoms with Gasteiger partial charge in [-0.2, -0.15) is 9.78 Å². The maximum absolute atomic E-state index is 13.3. The van der Waals surface area contributed by atoms with Gasteiger partial charge in [0.05, 0.1) is 26.5 Å². The Morgan fingerprint density at radius 3 is 2.51 bits per heavy atom. The van der Waals surface area contributed by atoms with Crippen LogP contribution in [-0.2, 0) is 5.41 Å². The van der Waals surface area contributed by atoms with E-state index in [1.54, 1.807) is 36.5 Å². The van der Waals surface area contributed by atoms with Crippen LogP contribution in [0.25, 0.3) is 10.9 Å². The highest BCUT2D eigenvalue weighted by atomic mass is 79.9. The van der Waals surface area contributed by atoms with Crippen LogP contribution in [0.5, 0.6) is 11.6 Å². The zero-order valence-corrected chi connectivity index (χ0v) is 22.1. The minimum Gasteiger partial charge on any atom is -0.438 e. The summed E-state index contributed by atoms with van der Waals surface area (Å²) in [5.41, 5.74) is 0.512. The van der Waals surface area contributed by atoms with E-state index in [9.17, 15) is 14.9 Å².